The zero-order chi connectivity index (χ0) is 17.8. The second kappa shape index (κ2) is 7.72. The number of hydrogen-bond donors (Lipinski definition) is 1. The minimum Gasteiger partial charge on any atom is -0.366 e. The van der Waals surface area contributed by atoms with Crippen LogP contribution in [0.2, 0.25) is 0 Å². The van der Waals surface area contributed by atoms with E-state index in [1.165, 1.54) is 6.07 Å². The van der Waals surface area contributed by atoms with Gasteiger partial charge in [0.25, 0.3) is 0 Å². The number of amides is 1. The quantitative estimate of drug-likeness (QED) is 0.656. The van der Waals surface area contributed by atoms with Crippen LogP contribution in [0.4, 0.5) is 10.1 Å². The van der Waals surface area contributed by atoms with Crippen LogP contribution in [0.5, 0.6) is 0 Å². The summed E-state index contributed by atoms with van der Waals surface area (Å²) in [6, 6.07) is 7.35. The van der Waals surface area contributed by atoms with Gasteiger partial charge >= 0.3 is 0 Å². The molecule has 0 atom stereocenters. The lowest BCUT2D eigenvalue weighted by molar-refractivity contribution is -0.127. The maximum Gasteiger partial charge on any atom is 0.243 e. The van der Waals surface area contributed by atoms with Gasteiger partial charge in [-0.2, -0.15) is 0 Å². The number of guanidine groups is 1. The average molecular weight is 347 g/mol. The molecule has 1 aliphatic carbocycles. The van der Waals surface area contributed by atoms with E-state index in [0.717, 1.165) is 45.0 Å². The normalized spacial score (nSPS) is 18.3. The Bertz CT molecular complexity index is 636. The van der Waals surface area contributed by atoms with Crippen LogP contribution in [-0.4, -0.2) is 74.5 Å². The van der Waals surface area contributed by atoms with Gasteiger partial charge in [-0.05, 0) is 25.0 Å². The number of halogens is 1. The molecule has 1 saturated heterocycles. The highest BCUT2D eigenvalue weighted by molar-refractivity contribution is 5.85. The Morgan fingerprint density at radius 2 is 1.92 bits per heavy atom. The molecule has 3 rings (SSSR count). The molecule has 0 radical (unpaired) electrons. The van der Waals surface area contributed by atoms with Crippen LogP contribution in [0.15, 0.2) is 29.3 Å². The van der Waals surface area contributed by atoms with Gasteiger partial charge in [-0.3, -0.25) is 4.79 Å². The predicted octanol–water partition coefficient (Wildman–Crippen LogP) is 1.14. The van der Waals surface area contributed by atoms with Crippen LogP contribution >= 0.6 is 0 Å². The molecule has 1 N–H and O–H groups in total. The topological polar surface area (TPSA) is 51.2 Å². The zero-order valence-corrected chi connectivity index (χ0v) is 14.9. The summed E-state index contributed by atoms with van der Waals surface area (Å²) in [5.74, 6) is 0.600. The lowest BCUT2D eigenvalue weighted by atomic mass is 10.2. The Balaban J connectivity index is 1.62. The fourth-order valence-electron chi connectivity index (χ4n) is 2.80. The first-order valence-corrected chi connectivity index (χ1v) is 8.80. The van der Waals surface area contributed by atoms with Gasteiger partial charge < -0.3 is 20.0 Å². The molecule has 0 aromatic heterocycles. The van der Waals surface area contributed by atoms with E-state index in [2.05, 4.69) is 20.1 Å². The Morgan fingerprint density at radius 1 is 1.24 bits per heavy atom. The summed E-state index contributed by atoms with van der Waals surface area (Å²) in [5.41, 5.74) is 0.651. The van der Waals surface area contributed by atoms with Crippen LogP contribution < -0.4 is 10.2 Å². The zero-order valence-electron chi connectivity index (χ0n) is 14.9. The molecule has 0 spiro atoms. The number of benzene rings is 1. The van der Waals surface area contributed by atoms with Crippen molar-refractivity contribution in [1.29, 1.82) is 0 Å². The second-order valence-electron chi connectivity index (χ2n) is 6.77. The number of aliphatic imine (C=N–C) groups is 1. The number of nitrogens with zero attached hydrogens (tertiary/aromatic N) is 4. The SMILES string of the molecule is CN(C)C(=O)CN=C(NC1CC1)N1CCN(c2ccccc2F)CC1. The molecule has 0 bridgehead atoms. The van der Waals surface area contributed by atoms with Gasteiger partial charge in [-0.25, -0.2) is 9.38 Å². The molecule has 1 aromatic rings. The molecular weight excluding hydrogens is 321 g/mol. The average Bonchev–Trinajstić information content (AvgIpc) is 3.43. The maximum atomic E-state index is 14.0. The van der Waals surface area contributed by atoms with E-state index in [4.69, 9.17) is 0 Å². The van der Waals surface area contributed by atoms with Crippen molar-refractivity contribution >= 4 is 17.6 Å². The number of carbonyl (C=O) groups excluding carboxylic acids is 1. The summed E-state index contributed by atoms with van der Waals surface area (Å²) >= 11 is 0. The van der Waals surface area contributed by atoms with Crippen molar-refractivity contribution in [3.05, 3.63) is 30.1 Å². The minimum absolute atomic E-state index is 0.0138. The van der Waals surface area contributed by atoms with Crippen LogP contribution in [-0.2, 0) is 4.79 Å². The van der Waals surface area contributed by atoms with Crippen LogP contribution in [0.1, 0.15) is 12.8 Å². The van der Waals surface area contributed by atoms with Crippen molar-refractivity contribution in [3.63, 3.8) is 0 Å². The van der Waals surface area contributed by atoms with E-state index in [1.54, 1.807) is 25.1 Å². The molecule has 6 nitrogen and oxygen atoms in total. The molecule has 1 aliphatic heterocycles. The minimum atomic E-state index is -0.183. The Labute approximate surface area is 148 Å². The highest BCUT2D eigenvalue weighted by Gasteiger charge is 2.27. The standard InChI is InChI=1S/C18H26FN5O/c1-22(2)17(25)13-20-18(21-14-7-8-14)24-11-9-23(10-12-24)16-6-4-3-5-15(16)19/h3-6,14H,7-13H2,1-2H3,(H,20,21). The summed E-state index contributed by atoms with van der Waals surface area (Å²) in [7, 11) is 3.47. The summed E-state index contributed by atoms with van der Waals surface area (Å²) < 4.78 is 14.0. The van der Waals surface area contributed by atoms with E-state index in [9.17, 15) is 9.18 Å². The number of nitrogens with one attached hydrogen (secondary N) is 1. The maximum absolute atomic E-state index is 14.0. The Kier molecular flexibility index (Phi) is 5.40. The Morgan fingerprint density at radius 3 is 2.52 bits per heavy atom. The number of para-hydroxylation sites is 1. The lowest BCUT2D eigenvalue weighted by Crippen LogP contribution is -2.53. The van der Waals surface area contributed by atoms with Gasteiger partial charge in [0.2, 0.25) is 5.91 Å². The number of hydrogen-bond acceptors (Lipinski definition) is 3. The van der Waals surface area contributed by atoms with Crippen LogP contribution in [0.25, 0.3) is 0 Å². The lowest BCUT2D eigenvalue weighted by Gasteiger charge is -2.38. The molecular formula is C18H26FN5O. The van der Waals surface area contributed by atoms with Crippen molar-refractivity contribution in [2.24, 2.45) is 4.99 Å². The fraction of sp³-hybridized carbons (Fsp3) is 0.556. The molecule has 1 aromatic carbocycles. The molecule has 1 amide bonds. The van der Waals surface area contributed by atoms with E-state index >= 15 is 0 Å². The molecule has 1 heterocycles. The van der Waals surface area contributed by atoms with E-state index in [-0.39, 0.29) is 18.3 Å². The summed E-state index contributed by atoms with van der Waals surface area (Å²) in [6.45, 7) is 3.11. The van der Waals surface area contributed by atoms with Crippen molar-refractivity contribution in [2.75, 3.05) is 51.7 Å². The number of carbonyl (C=O) groups is 1. The highest BCUT2D eigenvalue weighted by Crippen LogP contribution is 2.22. The molecule has 2 fully saturated rings. The van der Waals surface area contributed by atoms with Crippen molar-refractivity contribution in [3.8, 4) is 0 Å². The second-order valence-corrected chi connectivity index (χ2v) is 6.77. The molecule has 136 valence electrons. The fourth-order valence-corrected chi connectivity index (χ4v) is 2.80. The largest absolute Gasteiger partial charge is 0.366 e. The smallest absolute Gasteiger partial charge is 0.243 e. The van der Waals surface area contributed by atoms with Gasteiger partial charge in [0.1, 0.15) is 12.4 Å². The third-order valence-corrected chi connectivity index (χ3v) is 4.55. The number of likely N-dealkylation sites (N-methyl/N-ethyl adjacent to an activating group) is 1. The summed E-state index contributed by atoms with van der Waals surface area (Å²) in [5, 5.41) is 3.43. The van der Waals surface area contributed by atoms with Crippen LogP contribution in [0, 0.1) is 5.82 Å². The van der Waals surface area contributed by atoms with Crippen LogP contribution in [0.3, 0.4) is 0 Å². The number of anilines is 1. The van der Waals surface area contributed by atoms with Crippen molar-refractivity contribution in [1.82, 2.24) is 15.1 Å². The number of piperazine rings is 1. The highest BCUT2D eigenvalue weighted by atomic mass is 19.1. The predicted molar refractivity (Wildman–Crippen MR) is 97.3 cm³/mol. The van der Waals surface area contributed by atoms with Gasteiger partial charge in [0.05, 0.1) is 5.69 Å². The third-order valence-electron chi connectivity index (χ3n) is 4.55. The van der Waals surface area contributed by atoms with E-state index in [0.29, 0.717) is 11.7 Å². The first-order valence-electron chi connectivity index (χ1n) is 8.80. The Hall–Kier alpha value is -2.31. The van der Waals surface area contributed by atoms with E-state index < -0.39 is 0 Å². The molecule has 25 heavy (non-hydrogen) atoms. The molecule has 1 saturated carbocycles. The molecule has 7 heteroatoms. The first-order chi connectivity index (χ1) is 12.0. The molecule has 0 unspecified atom stereocenters. The van der Waals surface area contributed by atoms with Gasteiger partial charge in [0, 0.05) is 46.3 Å². The summed E-state index contributed by atoms with van der Waals surface area (Å²) in [4.78, 5) is 22.1. The van der Waals surface area contributed by atoms with Gasteiger partial charge in [0.15, 0.2) is 5.96 Å². The third kappa shape index (κ3) is 4.61. The molecule has 2 aliphatic rings. The monoisotopic (exact) mass is 347 g/mol. The van der Waals surface area contributed by atoms with Gasteiger partial charge in [-0.15, -0.1) is 0 Å². The van der Waals surface area contributed by atoms with Crippen molar-refractivity contribution in [2.45, 2.75) is 18.9 Å². The van der Waals surface area contributed by atoms with Gasteiger partial charge in [-0.1, -0.05) is 12.1 Å². The number of rotatable bonds is 4. The first kappa shape index (κ1) is 17.5. The summed E-state index contributed by atoms with van der Waals surface area (Å²) in [6.07, 6.45) is 2.30. The van der Waals surface area contributed by atoms with Crippen molar-refractivity contribution < 1.29 is 9.18 Å². The van der Waals surface area contributed by atoms with E-state index in [1.807, 2.05) is 12.1 Å².